The standard InChI is InChI=1S/C10H12FNO2S/c11-15(13,14)10-7-2-1-5-9(10)6-3-4-8-12/h1-3,5-7H,4,8,12H2. The van der Waals surface area contributed by atoms with Crippen LogP contribution in [0.2, 0.25) is 0 Å². The molecule has 5 heteroatoms. The first-order valence-electron chi connectivity index (χ1n) is 4.46. The summed E-state index contributed by atoms with van der Waals surface area (Å²) >= 11 is 0. The molecule has 0 fully saturated rings. The predicted molar refractivity (Wildman–Crippen MR) is 57.4 cm³/mol. The molecule has 0 spiro atoms. The fraction of sp³-hybridized carbons (Fsp3) is 0.200. The molecule has 0 atom stereocenters. The fourth-order valence-electron chi connectivity index (χ4n) is 1.15. The summed E-state index contributed by atoms with van der Waals surface area (Å²) in [6.45, 7) is 0.473. The first kappa shape index (κ1) is 11.9. The molecule has 0 radical (unpaired) electrons. The molecule has 1 rings (SSSR count). The van der Waals surface area contributed by atoms with Gasteiger partial charge >= 0.3 is 10.2 Å². The summed E-state index contributed by atoms with van der Waals surface area (Å²) in [7, 11) is -4.65. The molecule has 0 aromatic heterocycles. The van der Waals surface area contributed by atoms with Gasteiger partial charge in [0.25, 0.3) is 0 Å². The van der Waals surface area contributed by atoms with Gasteiger partial charge in [-0.25, -0.2) is 0 Å². The second-order valence-electron chi connectivity index (χ2n) is 2.96. The zero-order chi connectivity index (χ0) is 11.3. The third-order valence-corrected chi connectivity index (χ3v) is 2.71. The summed E-state index contributed by atoms with van der Waals surface area (Å²) in [6.07, 6.45) is 3.89. The van der Waals surface area contributed by atoms with E-state index in [1.54, 1.807) is 24.3 Å². The molecule has 1 aromatic rings. The quantitative estimate of drug-likeness (QED) is 0.799. The van der Waals surface area contributed by atoms with Crippen LogP contribution in [0.15, 0.2) is 35.2 Å². The summed E-state index contributed by atoms with van der Waals surface area (Å²) in [5.41, 5.74) is 5.61. The molecule has 0 heterocycles. The molecular formula is C10H12FNO2S. The van der Waals surface area contributed by atoms with Gasteiger partial charge in [-0.1, -0.05) is 30.4 Å². The molecule has 82 valence electrons. The molecule has 0 saturated carbocycles. The Kier molecular flexibility index (Phi) is 3.99. The molecule has 0 amide bonds. The monoisotopic (exact) mass is 229 g/mol. The van der Waals surface area contributed by atoms with E-state index in [4.69, 9.17) is 5.73 Å². The lowest BCUT2D eigenvalue weighted by molar-refractivity contribution is 0.552. The first-order valence-corrected chi connectivity index (χ1v) is 5.84. The van der Waals surface area contributed by atoms with Gasteiger partial charge in [0.1, 0.15) is 4.90 Å². The highest BCUT2D eigenvalue weighted by Crippen LogP contribution is 2.18. The van der Waals surface area contributed by atoms with Gasteiger partial charge in [0, 0.05) is 0 Å². The van der Waals surface area contributed by atoms with Crippen molar-refractivity contribution in [3.05, 3.63) is 35.9 Å². The highest BCUT2D eigenvalue weighted by atomic mass is 32.3. The van der Waals surface area contributed by atoms with Crippen LogP contribution < -0.4 is 5.73 Å². The molecule has 0 bridgehead atoms. The average Bonchev–Trinajstić information content (AvgIpc) is 2.17. The van der Waals surface area contributed by atoms with E-state index in [9.17, 15) is 12.3 Å². The van der Waals surface area contributed by atoms with Crippen LogP contribution in [0.3, 0.4) is 0 Å². The molecule has 0 aliphatic heterocycles. The second kappa shape index (κ2) is 5.04. The summed E-state index contributed by atoms with van der Waals surface area (Å²) in [6, 6.07) is 5.90. The average molecular weight is 229 g/mol. The van der Waals surface area contributed by atoms with Gasteiger partial charge < -0.3 is 5.73 Å². The van der Waals surface area contributed by atoms with Crippen LogP contribution >= 0.6 is 0 Å². The van der Waals surface area contributed by atoms with Gasteiger partial charge in [0.15, 0.2) is 0 Å². The number of rotatable bonds is 4. The van der Waals surface area contributed by atoms with Gasteiger partial charge in [-0.05, 0) is 24.6 Å². The normalized spacial score (nSPS) is 12.1. The molecule has 0 saturated heterocycles. The minimum atomic E-state index is -4.65. The fourth-order valence-corrected chi connectivity index (χ4v) is 1.81. The van der Waals surface area contributed by atoms with E-state index in [1.165, 1.54) is 12.1 Å². The van der Waals surface area contributed by atoms with E-state index in [-0.39, 0.29) is 4.90 Å². The lowest BCUT2D eigenvalue weighted by atomic mass is 10.2. The second-order valence-corrected chi connectivity index (χ2v) is 4.27. The van der Waals surface area contributed by atoms with Gasteiger partial charge in [0.05, 0.1) is 0 Å². The van der Waals surface area contributed by atoms with Crippen LogP contribution in [0.1, 0.15) is 12.0 Å². The van der Waals surface area contributed by atoms with Crippen LogP contribution in [0, 0.1) is 0 Å². The van der Waals surface area contributed by atoms with Crippen molar-refractivity contribution < 1.29 is 12.3 Å². The van der Waals surface area contributed by atoms with E-state index >= 15 is 0 Å². The zero-order valence-corrected chi connectivity index (χ0v) is 8.87. The van der Waals surface area contributed by atoms with Crippen molar-refractivity contribution in [1.29, 1.82) is 0 Å². The Balaban J connectivity index is 3.08. The van der Waals surface area contributed by atoms with Crippen molar-refractivity contribution in [1.82, 2.24) is 0 Å². The smallest absolute Gasteiger partial charge is 0.330 e. The van der Waals surface area contributed by atoms with Crippen molar-refractivity contribution in [3.8, 4) is 0 Å². The van der Waals surface area contributed by atoms with E-state index < -0.39 is 10.2 Å². The maximum atomic E-state index is 12.8. The van der Waals surface area contributed by atoms with Gasteiger partial charge in [0.2, 0.25) is 0 Å². The van der Waals surface area contributed by atoms with Crippen LogP contribution in [0.25, 0.3) is 6.08 Å². The van der Waals surface area contributed by atoms with Crippen molar-refractivity contribution >= 4 is 16.3 Å². The topological polar surface area (TPSA) is 60.2 Å². The predicted octanol–water partition coefficient (Wildman–Crippen LogP) is 1.71. The highest BCUT2D eigenvalue weighted by molar-refractivity contribution is 7.86. The number of hydrogen-bond donors (Lipinski definition) is 1. The lowest BCUT2D eigenvalue weighted by Gasteiger charge is -1.99. The van der Waals surface area contributed by atoms with Gasteiger partial charge in [-0.2, -0.15) is 8.42 Å². The maximum Gasteiger partial charge on any atom is 0.332 e. The molecule has 1 aromatic carbocycles. The SMILES string of the molecule is NCCC=Cc1ccccc1S(=O)(=O)F. The third kappa shape index (κ3) is 3.45. The minimum absolute atomic E-state index is 0.307. The lowest BCUT2D eigenvalue weighted by Crippen LogP contribution is -1.96. The Morgan fingerprint density at radius 2 is 2.00 bits per heavy atom. The minimum Gasteiger partial charge on any atom is -0.330 e. The number of halogens is 1. The molecule has 2 N–H and O–H groups in total. The van der Waals surface area contributed by atoms with Crippen molar-refractivity contribution in [3.63, 3.8) is 0 Å². The zero-order valence-electron chi connectivity index (χ0n) is 8.06. The molecular weight excluding hydrogens is 217 g/mol. The van der Waals surface area contributed by atoms with E-state index in [0.717, 1.165) is 0 Å². The molecule has 15 heavy (non-hydrogen) atoms. The maximum absolute atomic E-state index is 12.8. The number of benzene rings is 1. The summed E-state index contributed by atoms with van der Waals surface area (Å²) < 4.78 is 34.3. The Bertz CT molecular complexity index is 454. The Morgan fingerprint density at radius 1 is 1.33 bits per heavy atom. The Labute approximate surface area is 88.6 Å². The number of nitrogens with two attached hydrogens (primary N) is 1. The summed E-state index contributed by atoms with van der Waals surface area (Å²) in [5.74, 6) is 0. The summed E-state index contributed by atoms with van der Waals surface area (Å²) in [5, 5.41) is 0. The van der Waals surface area contributed by atoms with Crippen molar-refractivity contribution in [2.75, 3.05) is 6.54 Å². The third-order valence-electron chi connectivity index (χ3n) is 1.81. The Hall–Kier alpha value is -1.20. The van der Waals surface area contributed by atoms with Crippen LogP contribution in [-0.4, -0.2) is 15.0 Å². The van der Waals surface area contributed by atoms with E-state index in [1.807, 2.05) is 0 Å². The van der Waals surface area contributed by atoms with Crippen LogP contribution in [-0.2, 0) is 10.2 Å². The Morgan fingerprint density at radius 3 is 2.60 bits per heavy atom. The number of hydrogen-bond acceptors (Lipinski definition) is 3. The summed E-state index contributed by atoms with van der Waals surface area (Å²) in [4.78, 5) is -0.307. The van der Waals surface area contributed by atoms with Gasteiger partial charge in [-0.3, -0.25) is 0 Å². The molecule has 0 aliphatic rings. The van der Waals surface area contributed by atoms with Crippen LogP contribution in [0.4, 0.5) is 3.89 Å². The molecule has 0 unspecified atom stereocenters. The molecule has 0 aliphatic carbocycles. The van der Waals surface area contributed by atoms with Crippen molar-refractivity contribution in [2.45, 2.75) is 11.3 Å². The van der Waals surface area contributed by atoms with E-state index in [2.05, 4.69) is 0 Å². The van der Waals surface area contributed by atoms with Crippen LogP contribution in [0.5, 0.6) is 0 Å². The largest absolute Gasteiger partial charge is 0.332 e. The van der Waals surface area contributed by atoms with Crippen molar-refractivity contribution in [2.24, 2.45) is 5.73 Å². The highest BCUT2D eigenvalue weighted by Gasteiger charge is 2.14. The molecule has 3 nitrogen and oxygen atoms in total. The van der Waals surface area contributed by atoms with E-state index in [0.29, 0.717) is 18.5 Å². The van der Waals surface area contributed by atoms with Gasteiger partial charge in [-0.15, -0.1) is 3.89 Å². The first-order chi connectivity index (χ1) is 7.05.